The molecule has 0 aliphatic heterocycles. The van der Waals surface area contributed by atoms with Crippen LogP contribution in [-0.2, 0) is 22.7 Å². The molecule has 1 aromatic heterocycles. The van der Waals surface area contributed by atoms with E-state index in [-0.39, 0.29) is 19.0 Å². The Bertz CT molecular complexity index is 1350. The topological polar surface area (TPSA) is 77.8 Å². The molecule has 0 bridgehead atoms. The number of carboxylic acid groups (broad SMARTS) is 1. The van der Waals surface area contributed by atoms with Gasteiger partial charge in [-0.2, -0.15) is 0 Å². The minimum absolute atomic E-state index is 0.0118. The van der Waals surface area contributed by atoms with Gasteiger partial charge in [-0.3, -0.25) is 4.79 Å². The number of aryl methyl sites for hydroxylation is 1. The summed E-state index contributed by atoms with van der Waals surface area (Å²) in [5, 5.41) is 9.67. The summed E-state index contributed by atoms with van der Waals surface area (Å²) in [6.07, 6.45) is 0. The molecule has 6 nitrogen and oxygen atoms in total. The first-order valence-corrected chi connectivity index (χ1v) is 11.0. The molecule has 0 atom stereocenters. The second-order valence-electron chi connectivity index (χ2n) is 8.33. The SMILES string of the molecule is COc1ccc2c(C(=O)c3ccc(C)cc3)c(C)n(Cc3cccc(COCC(=O)O)c3)c2c1. The van der Waals surface area contributed by atoms with E-state index < -0.39 is 5.97 Å². The monoisotopic (exact) mass is 457 g/mol. The van der Waals surface area contributed by atoms with Gasteiger partial charge in [0.05, 0.1) is 24.8 Å². The van der Waals surface area contributed by atoms with Crippen molar-refractivity contribution in [3.63, 3.8) is 0 Å². The first kappa shape index (κ1) is 23.3. The first-order valence-electron chi connectivity index (χ1n) is 11.0. The van der Waals surface area contributed by atoms with Crippen molar-refractivity contribution in [2.45, 2.75) is 27.0 Å². The first-order chi connectivity index (χ1) is 16.4. The van der Waals surface area contributed by atoms with Crippen LogP contribution in [0.3, 0.4) is 0 Å². The molecule has 1 N–H and O–H groups in total. The quantitative estimate of drug-likeness (QED) is 0.352. The van der Waals surface area contributed by atoms with E-state index in [9.17, 15) is 9.59 Å². The van der Waals surface area contributed by atoms with E-state index in [1.54, 1.807) is 7.11 Å². The van der Waals surface area contributed by atoms with Crippen molar-refractivity contribution >= 4 is 22.7 Å². The number of carbonyl (C=O) groups excluding carboxylic acids is 1. The third-order valence-electron chi connectivity index (χ3n) is 5.90. The Hall–Kier alpha value is -3.90. The minimum Gasteiger partial charge on any atom is -0.497 e. The molecule has 0 aliphatic rings. The Balaban J connectivity index is 1.74. The smallest absolute Gasteiger partial charge is 0.329 e. The zero-order valence-corrected chi connectivity index (χ0v) is 19.5. The summed E-state index contributed by atoms with van der Waals surface area (Å²) in [7, 11) is 1.63. The highest BCUT2D eigenvalue weighted by molar-refractivity contribution is 6.17. The van der Waals surface area contributed by atoms with Gasteiger partial charge in [-0.05, 0) is 37.1 Å². The number of aliphatic carboxylic acids is 1. The molecule has 34 heavy (non-hydrogen) atoms. The zero-order valence-electron chi connectivity index (χ0n) is 19.5. The molecule has 3 aromatic carbocycles. The molecule has 0 saturated heterocycles. The van der Waals surface area contributed by atoms with Gasteiger partial charge >= 0.3 is 5.97 Å². The summed E-state index contributed by atoms with van der Waals surface area (Å²) >= 11 is 0. The number of aromatic nitrogens is 1. The molecule has 1 heterocycles. The Kier molecular flexibility index (Phi) is 6.80. The largest absolute Gasteiger partial charge is 0.497 e. The van der Waals surface area contributed by atoms with Crippen molar-refractivity contribution in [3.05, 3.63) is 100 Å². The van der Waals surface area contributed by atoms with Gasteiger partial charge in [0, 0.05) is 29.3 Å². The summed E-state index contributed by atoms with van der Waals surface area (Å²) in [6.45, 7) is 4.39. The molecule has 0 radical (unpaired) electrons. The van der Waals surface area contributed by atoms with Crippen LogP contribution in [0.2, 0.25) is 0 Å². The fourth-order valence-electron chi connectivity index (χ4n) is 4.18. The number of ketones is 1. The average molecular weight is 458 g/mol. The zero-order chi connectivity index (χ0) is 24.2. The molecular weight excluding hydrogens is 430 g/mol. The normalized spacial score (nSPS) is 11.0. The Labute approximate surface area is 198 Å². The number of hydrogen-bond acceptors (Lipinski definition) is 4. The maximum atomic E-state index is 13.5. The molecule has 4 rings (SSSR count). The summed E-state index contributed by atoms with van der Waals surface area (Å²) in [5.41, 5.74) is 6.15. The Morgan fingerprint density at radius 2 is 1.68 bits per heavy atom. The minimum atomic E-state index is -0.995. The lowest BCUT2D eigenvalue weighted by molar-refractivity contribution is -0.142. The molecule has 174 valence electrons. The van der Waals surface area contributed by atoms with Crippen molar-refractivity contribution in [3.8, 4) is 5.75 Å². The van der Waals surface area contributed by atoms with Gasteiger partial charge in [0.1, 0.15) is 12.4 Å². The maximum Gasteiger partial charge on any atom is 0.329 e. The highest BCUT2D eigenvalue weighted by Crippen LogP contribution is 2.32. The number of fused-ring (bicyclic) bond motifs is 1. The van der Waals surface area contributed by atoms with E-state index in [1.807, 2.05) is 80.6 Å². The molecule has 4 aromatic rings. The van der Waals surface area contributed by atoms with Gasteiger partial charge in [0.15, 0.2) is 5.78 Å². The molecule has 0 fully saturated rings. The van der Waals surface area contributed by atoms with Crippen LogP contribution in [0.15, 0.2) is 66.7 Å². The molecule has 0 aliphatic carbocycles. The summed E-state index contributed by atoms with van der Waals surface area (Å²) in [4.78, 5) is 24.3. The number of carbonyl (C=O) groups is 2. The third-order valence-corrected chi connectivity index (χ3v) is 5.90. The van der Waals surface area contributed by atoms with Gasteiger partial charge in [0.25, 0.3) is 0 Å². The van der Waals surface area contributed by atoms with Gasteiger partial charge in [0.2, 0.25) is 0 Å². The number of carboxylic acids is 1. The van der Waals surface area contributed by atoms with Crippen LogP contribution in [0.5, 0.6) is 5.75 Å². The Morgan fingerprint density at radius 3 is 2.38 bits per heavy atom. The van der Waals surface area contributed by atoms with Crippen LogP contribution in [0.1, 0.15) is 38.3 Å². The summed E-state index contributed by atoms with van der Waals surface area (Å²) in [6, 6.07) is 21.2. The highest BCUT2D eigenvalue weighted by atomic mass is 16.5. The van der Waals surface area contributed by atoms with E-state index >= 15 is 0 Å². The van der Waals surface area contributed by atoms with E-state index in [0.717, 1.165) is 39.0 Å². The van der Waals surface area contributed by atoms with E-state index in [2.05, 4.69) is 4.57 Å². The number of ether oxygens (including phenoxy) is 2. The van der Waals surface area contributed by atoms with Gasteiger partial charge in [-0.25, -0.2) is 4.79 Å². The number of hydrogen-bond donors (Lipinski definition) is 1. The summed E-state index contributed by atoms with van der Waals surface area (Å²) in [5.74, 6) is -0.288. The fraction of sp³-hybridized carbons (Fsp3) is 0.214. The van der Waals surface area contributed by atoms with Crippen LogP contribution >= 0.6 is 0 Å². The van der Waals surface area contributed by atoms with Gasteiger partial charge < -0.3 is 19.1 Å². The lowest BCUT2D eigenvalue weighted by Gasteiger charge is -2.11. The molecule has 6 heteroatoms. The van der Waals surface area contributed by atoms with Crippen LogP contribution in [0.25, 0.3) is 10.9 Å². The molecule has 0 saturated carbocycles. The second-order valence-corrected chi connectivity index (χ2v) is 8.33. The van der Waals surface area contributed by atoms with E-state index in [4.69, 9.17) is 14.6 Å². The van der Waals surface area contributed by atoms with E-state index in [0.29, 0.717) is 17.7 Å². The number of methoxy groups -OCH3 is 1. The van der Waals surface area contributed by atoms with Gasteiger partial charge in [-0.1, -0.05) is 54.1 Å². The second kappa shape index (κ2) is 9.93. The standard InChI is InChI=1S/C28H27NO5/c1-18-7-9-22(10-8-18)28(32)27-19(2)29(25-14-23(33-3)11-12-24(25)27)15-20-5-4-6-21(13-20)16-34-17-26(30)31/h4-14H,15-17H2,1-3H3,(H,30,31). The van der Waals surface area contributed by atoms with Crippen LogP contribution in [0, 0.1) is 13.8 Å². The average Bonchev–Trinajstić information content (AvgIpc) is 3.09. The number of benzene rings is 3. The van der Waals surface area contributed by atoms with Crippen molar-refractivity contribution in [1.82, 2.24) is 4.57 Å². The number of rotatable bonds is 9. The molecule has 0 amide bonds. The predicted octanol–water partition coefficient (Wildman–Crippen LogP) is 5.15. The van der Waals surface area contributed by atoms with Crippen molar-refractivity contribution in [2.75, 3.05) is 13.7 Å². The molecule has 0 unspecified atom stereocenters. The van der Waals surface area contributed by atoms with Crippen LogP contribution < -0.4 is 4.74 Å². The maximum absolute atomic E-state index is 13.5. The predicted molar refractivity (Wildman–Crippen MR) is 131 cm³/mol. The number of nitrogens with zero attached hydrogens (tertiary/aromatic N) is 1. The van der Waals surface area contributed by atoms with Crippen molar-refractivity contribution < 1.29 is 24.2 Å². The highest BCUT2D eigenvalue weighted by Gasteiger charge is 2.22. The molecule has 0 spiro atoms. The summed E-state index contributed by atoms with van der Waals surface area (Å²) < 4.78 is 12.8. The van der Waals surface area contributed by atoms with E-state index in [1.165, 1.54) is 0 Å². The lowest BCUT2D eigenvalue weighted by atomic mass is 9.99. The lowest BCUT2D eigenvalue weighted by Crippen LogP contribution is -2.08. The third kappa shape index (κ3) is 4.87. The molecular formula is C28H27NO5. The van der Waals surface area contributed by atoms with Crippen molar-refractivity contribution in [1.29, 1.82) is 0 Å². The van der Waals surface area contributed by atoms with Crippen LogP contribution in [0.4, 0.5) is 0 Å². The fourth-order valence-corrected chi connectivity index (χ4v) is 4.18. The van der Waals surface area contributed by atoms with Gasteiger partial charge in [-0.15, -0.1) is 0 Å². The Morgan fingerprint density at radius 1 is 0.941 bits per heavy atom. The van der Waals surface area contributed by atoms with Crippen molar-refractivity contribution in [2.24, 2.45) is 0 Å². The van der Waals surface area contributed by atoms with Crippen LogP contribution in [-0.4, -0.2) is 35.1 Å².